The van der Waals surface area contributed by atoms with Gasteiger partial charge < -0.3 is 9.47 Å². The average Bonchev–Trinajstić information content (AvgIpc) is 3.12. The van der Waals surface area contributed by atoms with E-state index in [2.05, 4.69) is 33.5 Å². The number of benzene rings is 3. The van der Waals surface area contributed by atoms with Gasteiger partial charge in [0.25, 0.3) is 0 Å². The van der Waals surface area contributed by atoms with Crippen LogP contribution in [0.1, 0.15) is 5.56 Å². The third-order valence-electron chi connectivity index (χ3n) is 4.43. The van der Waals surface area contributed by atoms with Crippen molar-refractivity contribution in [2.75, 3.05) is 14.2 Å². The fraction of sp³-hybridized carbons (Fsp3) is 0.0952. The van der Waals surface area contributed by atoms with E-state index < -0.39 is 0 Å². The van der Waals surface area contributed by atoms with Crippen molar-refractivity contribution in [3.63, 3.8) is 0 Å². The van der Waals surface area contributed by atoms with Crippen LogP contribution in [0.15, 0.2) is 65.8 Å². The van der Waals surface area contributed by atoms with Gasteiger partial charge in [0.15, 0.2) is 17.3 Å². The van der Waals surface area contributed by atoms with E-state index in [1.807, 2.05) is 42.5 Å². The number of fused-ring (bicyclic) bond motifs is 1. The topological polar surface area (TPSA) is 64.4 Å². The van der Waals surface area contributed by atoms with E-state index in [0.717, 1.165) is 21.9 Å². The van der Waals surface area contributed by atoms with Crippen molar-refractivity contribution in [3.05, 3.63) is 71.0 Å². The minimum atomic E-state index is 0.404. The summed E-state index contributed by atoms with van der Waals surface area (Å²) in [6.07, 6.45) is 1.79. The molecule has 0 saturated heterocycles. The number of nitrogens with zero attached hydrogens (tertiary/aromatic N) is 3. The summed E-state index contributed by atoms with van der Waals surface area (Å²) in [6, 6.07) is 19.8. The highest BCUT2D eigenvalue weighted by Gasteiger charge is 2.12. The summed E-state index contributed by atoms with van der Waals surface area (Å²) >= 11 is 5.37. The van der Waals surface area contributed by atoms with Crippen molar-refractivity contribution in [2.24, 2.45) is 5.10 Å². The second-order valence-electron chi connectivity index (χ2n) is 6.05. The van der Waals surface area contributed by atoms with E-state index in [1.165, 1.54) is 0 Å². The Hall–Kier alpha value is -3.45. The van der Waals surface area contributed by atoms with Gasteiger partial charge >= 0.3 is 0 Å². The van der Waals surface area contributed by atoms with Crippen molar-refractivity contribution in [1.82, 2.24) is 14.9 Å². The lowest BCUT2D eigenvalue weighted by Gasteiger charge is -2.09. The fourth-order valence-corrected chi connectivity index (χ4v) is 3.22. The molecule has 0 atom stereocenters. The molecule has 3 aromatic carbocycles. The fourth-order valence-electron chi connectivity index (χ4n) is 3.04. The van der Waals surface area contributed by atoms with Crippen LogP contribution in [0, 0.1) is 4.77 Å². The smallest absolute Gasteiger partial charge is 0.216 e. The standard InChI is InChI=1S/C21H18N4O2S/c1-26-18-11-10-15(12-19(18)27-2)20-23-24-21(28)25(20)22-13-16-8-5-7-14-6-3-4-9-17(14)16/h3-13H,1-2H3,(H,24,28)/b22-13+. The summed E-state index contributed by atoms with van der Waals surface area (Å²) in [6.45, 7) is 0. The molecule has 6 nitrogen and oxygen atoms in total. The molecule has 0 aliphatic carbocycles. The Balaban J connectivity index is 1.77. The Labute approximate surface area is 167 Å². The molecule has 1 aromatic heterocycles. The van der Waals surface area contributed by atoms with Gasteiger partial charge in [-0.25, -0.2) is 5.10 Å². The van der Waals surface area contributed by atoms with E-state index in [4.69, 9.17) is 21.7 Å². The SMILES string of the molecule is COc1ccc(-c2n[nH]c(=S)n2/N=C/c2cccc3ccccc23)cc1OC. The molecule has 0 aliphatic rings. The van der Waals surface area contributed by atoms with Crippen LogP contribution in [-0.4, -0.2) is 35.3 Å². The van der Waals surface area contributed by atoms with Gasteiger partial charge in [-0.3, -0.25) is 0 Å². The van der Waals surface area contributed by atoms with E-state index in [-0.39, 0.29) is 0 Å². The molecule has 4 rings (SSSR count). The Morgan fingerprint density at radius 1 is 1.00 bits per heavy atom. The zero-order valence-corrected chi connectivity index (χ0v) is 16.2. The number of aromatic amines is 1. The summed E-state index contributed by atoms with van der Waals surface area (Å²) < 4.78 is 12.7. The minimum Gasteiger partial charge on any atom is -0.493 e. The predicted molar refractivity (Wildman–Crippen MR) is 113 cm³/mol. The average molecular weight is 390 g/mol. The number of aromatic nitrogens is 3. The number of rotatable bonds is 5. The Morgan fingerprint density at radius 2 is 1.79 bits per heavy atom. The lowest BCUT2D eigenvalue weighted by Crippen LogP contribution is -1.97. The quantitative estimate of drug-likeness (QED) is 0.398. The van der Waals surface area contributed by atoms with Crippen LogP contribution in [0.5, 0.6) is 11.5 Å². The van der Waals surface area contributed by atoms with E-state index in [9.17, 15) is 0 Å². The Kier molecular flexibility index (Phi) is 4.90. The molecule has 0 amide bonds. The molecule has 0 unspecified atom stereocenters. The molecule has 7 heteroatoms. The molecule has 1 N–H and O–H groups in total. The van der Waals surface area contributed by atoms with Gasteiger partial charge in [0, 0.05) is 11.1 Å². The van der Waals surface area contributed by atoms with E-state index >= 15 is 0 Å². The van der Waals surface area contributed by atoms with Crippen molar-refractivity contribution in [3.8, 4) is 22.9 Å². The van der Waals surface area contributed by atoms with Crippen molar-refractivity contribution >= 4 is 29.2 Å². The monoisotopic (exact) mass is 390 g/mol. The van der Waals surface area contributed by atoms with E-state index in [1.54, 1.807) is 25.1 Å². The zero-order valence-electron chi connectivity index (χ0n) is 15.4. The first-order chi connectivity index (χ1) is 13.7. The number of nitrogens with one attached hydrogen (secondary N) is 1. The summed E-state index contributed by atoms with van der Waals surface area (Å²) in [5, 5.41) is 14.0. The first-order valence-corrected chi connectivity index (χ1v) is 9.04. The highest BCUT2D eigenvalue weighted by atomic mass is 32.1. The van der Waals surface area contributed by atoms with Crippen LogP contribution in [0.25, 0.3) is 22.2 Å². The van der Waals surface area contributed by atoms with Crippen LogP contribution < -0.4 is 9.47 Å². The van der Waals surface area contributed by atoms with Gasteiger partial charge in [-0.1, -0.05) is 42.5 Å². The Morgan fingerprint density at radius 3 is 2.61 bits per heavy atom. The molecule has 0 spiro atoms. The molecule has 0 aliphatic heterocycles. The first kappa shape index (κ1) is 17.9. The van der Waals surface area contributed by atoms with Crippen LogP contribution in [0.3, 0.4) is 0 Å². The molecule has 1 heterocycles. The molecule has 28 heavy (non-hydrogen) atoms. The maximum atomic E-state index is 5.39. The van der Waals surface area contributed by atoms with Gasteiger partial charge in [0.2, 0.25) is 4.77 Å². The third kappa shape index (κ3) is 3.27. The molecule has 140 valence electrons. The molecule has 0 bridgehead atoms. The van der Waals surface area contributed by atoms with Crippen LogP contribution >= 0.6 is 12.2 Å². The van der Waals surface area contributed by atoms with Crippen LogP contribution in [0.2, 0.25) is 0 Å². The van der Waals surface area contributed by atoms with Gasteiger partial charge in [0.05, 0.1) is 20.4 Å². The van der Waals surface area contributed by atoms with Crippen LogP contribution in [0.4, 0.5) is 0 Å². The summed E-state index contributed by atoms with van der Waals surface area (Å²) in [4.78, 5) is 0. The maximum Gasteiger partial charge on any atom is 0.216 e. The van der Waals surface area contributed by atoms with Gasteiger partial charge in [-0.2, -0.15) is 14.9 Å². The first-order valence-electron chi connectivity index (χ1n) is 8.63. The van der Waals surface area contributed by atoms with E-state index in [0.29, 0.717) is 22.1 Å². The number of ether oxygens (including phenoxy) is 2. The number of methoxy groups -OCH3 is 2. The number of hydrogen-bond donors (Lipinski definition) is 1. The van der Waals surface area contributed by atoms with Gasteiger partial charge in [-0.15, -0.1) is 0 Å². The van der Waals surface area contributed by atoms with Crippen LogP contribution in [-0.2, 0) is 0 Å². The molecule has 0 fully saturated rings. The number of hydrogen-bond acceptors (Lipinski definition) is 5. The molecular weight excluding hydrogens is 372 g/mol. The zero-order chi connectivity index (χ0) is 19.5. The van der Waals surface area contributed by atoms with Crippen molar-refractivity contribution < 1.29 is 9.47 Å². The molecule has 4 aromatic rings. The molecular formula is C21H18N4O2S. The molecule has 0 saturated carbocycles. The van der Waals surface area contributed by atoms with Crippen molar-refractivity contribution in [2.45, 2.75) is 0 Å². The third-order valence-corrected chi connectivity index (χ3v) is 4.69. The molecule has 0 radical (unpaired) electrons. The maximum absolute atomic E-state index is 5.39. The van der Waals surface area contributed by atoms with Gasteiger partial charge in [-0.05, 0) is 41.2 Å². The second-order valence-corrected chi connectivity index (χ2v) is 6.43. The lowest BCUT2D eigenvalue weighted by atomic mass is 10.1. The number of H-pyrrole nitrogens is 1. The highest BCUT2D eigenvalue weighted by molar-refractivity contribution is 7.71. The van der Waals surface area contributed by atoms with Gasteiger partial charge in [0.1, 0.15) is 0 Å². The normalized spacial score (nSPS) is 11.2. The predicted octanol–water partition coefficient (Wildman–Crippen LogP) is 4.66. The van der Waals surface area contributed by atoms with Crippen molar-refractivity contribution in [1.29, 1.82) is 0 Å². The second kappa shape index (κ2) is 7.66. The largest absolute Gasteiger partial charge is 0.493 e. The summed E-state index contributed by atoms with van der Waals surface area (Å²) in [5.41, 5.74) is 1.81. The Bertz CT molecular complexity index is 1220. The summed E-state index contributed by atoms with van der Waals surface area (Å²) in [7, 11) is 3.19. The highest BCUT2D eigenvalue weighted by Crippen LogP contribution is 2.31. The summed E-state index contributed by atoms with van der Waals surface area (Å²) in [5.74, 6) is 1.84. The lowest BCUT2D eigenvalue weighted by molar-refractivity contribution is 0.355. The minimum absolute atomic E-state index is 0.404.